The number of anilines is 3. The van der Waals surface area contributed by atoms with Gasteiger partial charge in [0.2, 0.25) is 16.0 Å². The summed E-state index contributed by atoms with van der Waals surface area (Å²) in [4.78, 5) is 12.8. The van der Waals surface area contributed by atoms with Crippen molar-refractivity contribution >= 4 is 27.6 Å². The van der Waals surface area contributed by atoms with Crippen molar-refractivity contribution in [1.82, 2.24) is 20.2 Å². The molecule has 2 aromatic heterocycles. The van der Waals surface area contributed by atoms with Crippen LogP contribution >= 0.6 is 0 Å². The fourth-order valence-corrected chi connectivity index (χ4v) is 3.88. The Labute approximate surface area is 153 Å². The molecule has 3 heterocycles. The van der Waals surface area contributed by atoms with Crippen molar-refractivity contribution in [3.05, 3.63) is 30.6 Å². The third kappa shape index (κ3) is 4.78. The van der Waals surface area contributed by atoms with Crippen LogP contribution in [0, 0.1) is 0 Å². The van der Waals surface area contributed by atoms with Crippen LogP contribution in [0.15, 0.2) is 30.6 Å². The molecular weight excluding hydrogens is 354 g/mol. The summed E-state index contributed by atoms with van der Waals surface area (Å²) in [5, 5.41) is 8.17. The van der Waals surface area contributed by atoms with Crippen LogP contribution in [0.5, 0.6) is 0 Å². The highest BCUT2D eigenvalue weighted by Gasteiger charge is 2.20. The summed E-state index contributed by atoms with van der Waals surface area (Å²) in [6.07, 6.45) is 4.92. The van der Waals surface area contributed by atoms with Gasteiger partial charge in [-0.15, -0.1) is 10.2 Å². The van der Waals surface area contributed by atoms with E-state index in [4.69, 9.17) is 0 Å². The number of sulfonamides is 1. The van der Waals surface area contributed by atoms with E-state index in [0.29, 0.717) is 6.42 Å². The third-order valence-corrected chi connectivity index (χ3v) is 5.46. The van der Waals surface area contributed by atoms with Gasteiger partial charge in [0.05, 0.1) is 5.75 Å². The summed E-state index contributed by atoms with van der Waals surface area (Å²) < 4.78 is 26.3. The molecule has 0 bridgehead atoms. The van der Waals surface area contributed by atoms with Crippen molar-refractivity contribution in [2.75, 3.05) is 46.5 Å². The molecule has 0 amide bonds. The lowest BCUT2D eigenvalue weighted by molar-refractivity contribution is 0.597. The first kappa shape index (κ1) is 18.3. The largest absolute Gasteiger partial charge is 0.352 e. The van der Waals surface area contributed by atoms with Gasteiger partial charge < -0.3 is 9.80 Å². The van der Waals surface area contributed by atoms with Crippen molar-refractivity contribution < 1.29 is 8.42 Å². The molecule has 1 N–H and O–H groups in total. The maximum atomic E-state index is 11.9. The van der Waals surface area contributed by atoms with Crippen molar-refractivity contribution in [3.8, 4) is 0 Å². The van der Waals surface area contributed by atoms with Crippen LogP contribution in [0.2, 0.25) is 0 Å². The molecule has 9 nitrogen and oxygen atoms in total. The molecule has 0 radical (unpaired) electrons. The number of nitrogens with zero attached hydrogens (tertiary/aromatic N) is 6. The Bertz CT molecular complexity index is 791. The zero-order valence-electron chi connectivity index (χ0n) is 14.7. The van der Waals surface area contributed by atoms with Crippen LogP contribution in [-0.2, 0) is 10.0 Å². The molecule has 140 valence electrons. The second kappa shape index (κ2) is 8.26. The highest BCUT2D eigenvalue weighted by atomic mass is 32.2. The van der Waals surface area contributed by atoms with Gasteiger partial charge in [0.15, 0.2) is 11.6 Å². The summed E-state index contributed by atoms with van der Waals surface area (Å²) in [5.41, 5.74) is 0. The molecule has 0 atom stereocenters. The number of hydrogen-bond donors (Lipinski definition) is 1. The van der Waals surface area contributed by atoms with Crippen LogP contribution in [-0.4, -0.2) is 60.5 Å². The second-order valence-electron chi connectivity index (χ2n) is 6.07. The molecule has 0 spiro atoms. The molecule has 26 heavy (non-hydrogen) atoms. The van der Waals surface area contributed by atoms with E-state index in [1.165, 1.54) is 0 Å². The Hall–Kier alpha value is -2.49. The SMILES string of the molecule is CCCCS(=O)(=O)Nc1ccc(N2CCN(c3ncccn3)CC2)nn1. The first-order valence-corrected chi connectivity index (χ1v) is 10.3. The molecule has 1 aliphatic heterocycles. The minimum absolute atomic E-state index is 0.0937. The Morgan fingerprint density at radius 3 is 2.35 bits per heavy atom. The molecular formula is C16H23N7O2S. The molecule has 3 rings (SSSR count). The summed E-state index contributed by atoms with van der Waals surface area (Å²) in [6, 6.07) is 5.24. The Balaban J connectivity index is 1.56. The highest BCUT2D eigenvalue weighted by molar-refractivity contribution is 7.92. The van der Waals surface area contributed by atoms with E-state index in [-0.39, 0.29) is 11.6 Å². The predicted octanol–water partition coefficient (Wildman–Crippen LogP) is 1.13. The molecule has 0 aliphatic carbocycles. The lowest BCUT2D eigenvalue weighted by Gasteiger charge is -2.35. The maximum Gasteiger partial charge on any atom is 0.233 e. The molecule has 2 aromatic rings. The molecule has 0 aromatic carbocycles. The van der Waals surface area contributed by atoms with Gasteiger partial charge in [-0.25, -0.2) is 18.4 Å². The quantitative estimate of drug-likeness (QED) is 0.766. The number of hydrogen-bond acceptors (Lipinski definition) is 8. The topological polar surface area (TPSA) is 104 Å². The summed E-state index contributed by atoms with van der Waals surface area (Å²) in [7, 11) is -3.36. The normalized spacial score (nSPS) is 15.1. The zero-order chi connectivity index (χ0) is 18.4. The molecule has 10 heteroatoms. The first-order valence-electron chi connectivity index (χ1n) is 8.68. The van der Waals surface area contributed by atoms with E-state index >= 15 is 0 Å². The van der Waals surface area contributed by atoms with Gasteiger partial charge >= 0.3 is 0 Å². The van der Waals surface area contributed by atoms with E-state index in [1.807, 2.05) is 6.92 Å². The van der Waals surface area contributed by atoms with E-state index in [1.54, 1.807) is 30.6 Å². The smallest absolute Gasteiger partial charge is 0.233 e. The predicted molar refractivity (Wildman–Crippen MR) is 101 cm³/mol. The Morgan fingerprint density at radius 2 is 1.73 bits per heavy atom. The van der Waals surface area contributed by atoms with Crippen LogP contribution in [0.1, 0.15) is 19.8 Å². The lowest BCUT2D eigenvalue weighted by Crippen LogP contribution is -2.47. The van der Waals surface area contributed by atoms with Crippen LogP contribution in [0.4, 0.5) is 17.6 Å². The van der Waals surface area contributed by atoms with E-state index in [0.717, 1.165) is 44.4 Å². The van der Waals surface area contributed by atoms with Crippen molar-refractivity contribution in [3.63, 3.8) is 0 Å². The van der Waals surface area contributed by atoms with Gasteiger partial charge in [-0.05, 0) is 24.6 Å². The van der Waals surface area contributed by atoms with Gasteiger partial charge in [-0.3, -0.25) is 4.72 Å². The standard InChI is InChI=1S/C16H23N7O2S/c1-2-3-13-26(24,25)21-14-5-6-15(20-19-14)22-9-11-23(12-10-22)16-17-7-4-8-18-16/h4-8H,2-3,9-13H2,1H3,(H,19,21). The van der Waals surface area contributed by atoms with Gasteiger partial charge in [-0.1, -0.05) is 13.3 Å². The first-order chi connectivity index (χ1) is 12.6. The van der Waals surface area contributed by atoms with Crippen LogP contribution in [0.3, 0.4) is 0 Å². The average molecular weight is 377 g/mol. The van der Waals surface area contributed by atoms with E-state index < -0.39 is 10.0 Å². The zero-order valence-corrected chi connectivity index (χ0v) is 15.6. The van der Waals surface area contributed by atoms with Crippen molar-refractivity contribution in [2.24, 2.45) is 0 Å². The summed E-state index contributed by atoms with van der Waals surface area (Å²) in [6.45, 7) is 5.07. The summed E-state index contributed by atoms with van der Waals surface area (Å²) >= 11 is 0. The van der Waals surface area contributed by atoms with Gasteiger partial charge in [-0.2, -0.15) is 0 Å². The van der Waals surface area contributed by atoms with Crippen molar-refractivity contribution in [2.45, 2.75) is 19.8 Å². The Morgan fingerprint density at radius 1 is 1.04 bits per heavy atom. The number of aromatic nitrogens is 4. The van der Waals surface area contributed by atoms with Gasteiger partial charge in [0.25, 0.3) is 0 Å². The fraction of sp³-hybridized carbons (Fsp3) is 0.500. The summed E-state index contributed by atoms with van der Waals surface area (Å²) in [5.74, 6) is 1.81. The van der Waals surface area contributed by atoms with E-state index in [2.05, 4.69) is 34.7 Å². The van der Waals surface area contributed by atoms with Crippen LogP contribution < -0.4 is 14.5 Å². The minimum atomic E-state index is -3.36. The maximum absolute atomic E-state index is 11.9. The lowest BCUT2D eigenvalue weighted by atomic mass is 10.3. The fourth-order valence-electron chi connectivity index (χ4n) is 2.68. The Kier molecular flexibility index (Phi) is 5.82. The minimum Gasteiger partial charge on any atom is -0.352 e. The number of nitrogens with one attached hydrogen (secondary N) is 1. The highest BCUT2D eigenvalue weighted by Crippen LogP contribution is 2.17. The molecule has 0 unspecified atom stereocenters. The molecule has 1 fully saturated rings. The molecule has 1 saturated heterocycles. The number of unbranched alkanes of at least 4 members (excludes halogenated alkanes) is 1. The number of rotatable bonds is 7. The van der Waals surface area contributed by atoms with Gasteiger partial charge in [0.1, 0.15) is 0 Å². The molecule has 0 saturated carbocycles. The van der Waals surface area contributed by atoms with Crippen LogP contribution in [0.25, 0.3) is 0 Å². The monoisotopic (exact) mass is 377 g/mol. The molecule has 1 aliphatic rings. The average Bonchev–Trinajstić information content (AvgIpc) is 2.68. The van der Waals surface area contributed by atoms with Crippen molar-refractivity contribution in [1.29, 1.82) is 0 Å². The van der Waals surface area contributed by atoms with Gasteiger partial charge in [0, 0.05) is 38.6 Å². The second-order valence-corrected chi connectivity index (χ2v) is 7.92. The third-order valence-electron chi connectivity index (χ3n) is 4.12. The van der Waals surface area contributed by atoms with E-state index in [9.17, 15) is 8.42 Å². The number of piperazine rings is 1.